The van der Waals surface area contributed by atoms with Crippen molar-refractivity contribution < 1.29 is 4.79 Å². The van der Waals surface area contributed by atoms with Crippen LogP contribution in [0.1, 0.15) is 11.1 Å². The molecule has 2 aromatic rings. The van der Waals surface area contributed by atoms with E-state index >= 15 is 0 Å². The molecule has 0 aliphatic rings. The van der Waals surface area contributed by atoms with Gasteiger partial charge in [-0.1, -0.05) is 60.7 Å². The molecule has 0 heterocycles. The van der Waals surface area contributed by atoms with Crippen molar-refractivity contribution in [1.29, 1.82) is 0 Å². The first kappa shape index (κ1) is 13.1. The molecule has 0 saturated heterocycles. The maximum Gasteiger partial charge on any atom is 0.116 e. The van der Waals surface area contributed by atoms with Gasteiger partial charge in [0.05, 0.1) is 0 Å². The number of hydrogen-bond donors (Lipinski definition) is 2. The van der Waals surface area contributed by atoms with E-state index in [1.165, 1.54) is 0 Å². The average molecular weight is 228 g/mol. The highest BCUT2D eigenvalue weighted by Gasteiger charge is 2.23. The lowest BCUT2D eigenvalue weighted by molar-refractivity contribution is -0.0979. The number of benzene rings is 2. The smallest absolute Gasteiger partial charge is 0.116 e. The third-order valence-electron chi connectivity index (χ3n) is 2.50. The first-order chi connectivity index (χ1) is 8.21. The van der Waals surface area contributed by atoms with Crippen LogP contribution in [0.5, 0.6) is 0 Å². The summed E-state index contributed by atoms with van der Waals surface area (Å²) in [7, 11) is 0. The zero-order valence-corrected chi connectivity index (χ0v) is 9.54. The van der Waals surface area contributed by atoms with Crippen LogP contribution >= 0.6 is 0 Å². The Morgan fingerprint density at radius 1 is 0.706 bits per heavy atom. The maximum atomic E-state index is 8.00. The fourth-order valence-electron chi connectivity index (χ4n) is 1.59. The van der Waals surface area contributed by atoms with Gasteiger partial charge < -0.3 is 16.3 Å². The van der Waals surface area contributed by atoms with Gasteiger partial charge in [-0.05, 0) is 11.1 Å². The Morgan fingerprint density at radius 3 is 1.29 bits per heavy atom. The highest BCUT2D eigenvalue weighted by Crippen LogP contribution is 2.20. The van der Waals surface area contributed by atoms with Gasteiger partial charge in [-0.15, -0.1) is 0 Å². The molecule has 2 rings (SSSR count). The summed E-state index contributed by atoms with van der Waals surface area (Å²) < 4.78 is 0. The Balaban J connectivity index is 0.000000686. The van der Waals surface area contributed by atoms with Crippen LogP contribution in [0.25, 0.3) is 0 Å². The molecule has 0 aromatic heterocycles. The van der Waals surface area contributed by atoms with Crippen molar-refractivity contribution in [3.8, 4) is 0 Å². The predicted octanol–water partition coefficient (Wildman–Crippen LogP) is 1.62. The molecule has 0 saturated carbocycles. The molecular formula is C14H16N2O. The van der Waals surface area contributed by atoms with Crippen LogP contribution in [-0.2, 0) is 10.5 Å². The lowest BCUT2D eigenvalue weighted by Crippen LogP contribution is -2.46. The van der Waals surface area contributed by atoms with E-state index < -0.39 is 5.66 Å². The Morgan fingerprint density at radius 2 is 1.00 bits per heavy atom. The van der Waals surface area contributed by atoms with Gasteiger partial charge in [0.15, 0.2) is 0 Å². The SMILES string of the molecule is C=O.NC(N)(c1ccccc1)c1ccccc1. The highest BCUT2D eigenvalue weighted by atomic mass is 16.1. The average Bonchev–Trinajstić information content (AvgIpc) is 2.43. The molecule has 0 radical (unpaired) electrons. The third kappa shape index (κ3) is 3.00. The second-order valence-electron chi connectivity index (χ2n) is 3.60. The van der Waals surface area contributed by atoms with E-state index in [1.54, 1.807) is 0 Å². The second-order valence-corrected chi connectivity index (χ2v) is 3.60. The third-order valence-corrected chi connectivity index (χ3v) is 2.50. The summed E-state index contributed by atoms with van der Waals surface area (Å²) in [6, 6.07) is 19.4. The zero-order valence-electron chi connectivity index (χ0n) is 9.54. The molecule has 0 fully saturated rings. The van der Waals surface area contributed by atoms with Gasteiger partial charge in [-0.2, -0.15) is 0 Å². The Bertz CT molecular complexity index is 399. The number of rotatable bonds is 2. The van der Waals surface area contributed by atoms with Crippen molar-refractivity contribution in [3.05, 3.63) is 71.8 Å². The van der Waals surface area contributed by atoms with Gasteiger partial charge in [0.25, 0.3) is 0 Å². The molecule has 3 heteroatoms. The first-order valence-corrected chi connectivity index (χ1v) is 5.19. The molecule has 2 aromatic carbocycles. The largest absolute Gasteiger partial charge is 0.307 e. The summed E-state index contributed by atoms with van der Waals surface area (Å²) in [5.41, 5.74) is 13.2. The summed E-state index contributed by atoms with van der Waals surface area (Å²) in [6.07, 6.45) is 0. The maximum absolute atomic E-state index is 8.00. The van der Waals surface area contributed by atoms with E-state index in [0.717, 1.165) is 11.1 Å². The minimum Gasteiger partial charge on any atom is -0.307 e. The number of hydrogen-bond acceptors (Lipinski definition) is 3. The lowest BCUT2D eigenvalue weighted by atomic mass is 9.93. The molecule has 0 amide bonds. The van der Waals surface area contributed by atoms with E-state index in [-0.39, 0.29) is 0 Å². The molecule has 0 atom stereocenters. The van der Waals surface area contributed by atoms with Crippen molar-refractivity contribution in [2.24, 2.45) is 11.5 Å². The summed E-state index contributed by atoms with van der Waals surface area (Å²) in [4.78, 5) is 8.00. The van der Waals surface area contributed by atoms with E-state index in [9.17, 15) is 0 Å². The minimum absolute atomic E-state index is 0.913. The van der Waals surface area contributed by atoms with Crippen LogP contribution < -0.4 is 11.5 Å². The Hall–Kier alpha value is -1.97. The molecule has 4 N–H and O–H groups in total. The Labute approximate surface area is 101 Å². The van der Waals surface area contributed by atoms with E-state index in [2.05, 4.69) is 0 Å². The lowest BCUT2D eigenvalue weighted by Gasteiger charge is -2.25. The van der Waals surface area contributed by atoms with Crippen LogP contribution in [-0.4, -0.2) is 6.79 Å². The summed E-state index contributed by atoms with van der Waals surface area (Å²) in [5.74, 6) is 0. The summed E-state index contributed by atoms with van der Waals surface area (Å²) >= 11 is 0. The van der Waals surface area contributed by atoms with Crippen LogP contribution in [0, 0.1) is 0 Å². The number of nitrogens with two attached hydrogens (primary N) is 2. The summed E-state index contributed by atoms with van der Waals surface area (Å²) in [5, 5.41) is 0. The normalized spacial score (nSPS) is 10.2. The van der Waals surface area contributed by atoms with Gasteiger partial charge in [0, 0.05) is 0 Å². The molecule has 0 bridgehead atoms. The van der Waals surface area contributed by atoms with Crippen molar-refractivity contribution in [2.45, 2.75) is 5.66 Å². The van der Waals surface area contributed by atoms with E-state index in [4.69, 9.17) is 16.3 Å². The van der Waals surface area contributed by atoms with Crippen molar-refractivity contribution in [1.82, 2.24) is 0 Å². The van der Waals surface area contributed by atoms with Gasteiger partial charge in [0.2, 0.25) is 0 Å². The fourth-order valence-corrected chi connectivity index (χ4v) is 1.59. The molecule has 88 valence electrons. The monoisotopic (exact) mass is 228 g/mol. The number of carbonyl (C=O) groups is 1. The van der Waals surface area contributed by atoms with Crippen LogP contribution in [0.2, 0.25) is 0 Å². The van der Waals surface area contributed by atoms with Gasteiger partial charge >= 0.3 is 0 Å². The minimum atomic E-state index is -0.914. The highest BCUT2D eigenvalue weighted by molar-refractivity contribution is 5.35. The van der Waals surface area contributed by atoms with Gasteiger partial charge in [-0.25, -0.2) is 0 Å². The van der Waals surface area contributed by atoms with E-state index in [0.29, 0.717) is 0 Å². The van der Waals surface area contributed by atoms with Crippen molar-refractivity contribution >= 4 is 6.79 Å². The zero-order chi connectivity index (χ0) is 12.7. The Kier molecular flexibility index (Phi) is 4.57. The topological polar surface area (TPSA) is 69.1 Å². The quantitative estimate of drug-likeness (QED) is 0.767. The molecule has 0 aliphatic carbocycles. The first-order valence-electron chi connectivity index (χ1n) is 5.19. The van der Waals surface area contributed by atoms with Gasteiger partial charge in [-0.3, -0.25) is 0 Å². The van der Waals surface area contributed by atoms with Crippen LogP contribution in [0.4, 0.5) is 0 Å². The molecular weight excluding hydrogens is 212 g/mol. The van der Waals surface area contributed by atoms with Crippen molar-refractivity contribution in [2.75, 3.05) is 0 Å². The molecule has 0 spiro atoms. The van der Waals surface area contributed by atoms with E-state index in [1.807, 2.05) is 67.5 Å². The molecule has 0 unspecified atom stereocenters. The molecule has 0 aliphatic heterocycles. The molecule has 17 heavy (non-hydrogen) atoms. The standard InChI is InChI=1S/C13H14N2.CH2O/c14-13(15,11-7-3-1-4-8-11)12-9-5-2-6-10-12;1-2/h1-10H,14-15H2;1H2. The molecule has 3 nitrogen and oxygen atoms in total. The summed E-state index contributed by atoms with van der Waals surface area (Å²) in [6.45, 7) is 2.00. The second kappa shape index (κ2) is 5.94. The van der Waals surface area contributed by atoms with Crippen LogP contribution in [0.3, 0.4) is 0 Å². The fraction of sp³-hybridized carbons (Fsp3) is 0.0714. The van der Waals surface area contributed by atoms with Gasteiger partial charge in [0.1, 0.15) is 12.5 Å². The van der Waals surface area contributed by atoms with Crippen LogP contribution in [0.15, 0.2) is 60.7 Å². The predicted molar refractivity (Wildman–Crippen MR) is 69.2 cm³/mol. The number of carbonyl (C=O) groups excluding carboxylic acids is 1. The van der Waals surface area contributed by atoms with Crippen molar-refractivity contribution in [3.63, 3.8) is 0 Å².